The molecule has 0 atom stereocenters. The zero-order chi connectivity index (χ0) is 18.0. The Balaban J connectivity index is 2.10. The largest absolute Gasteiger partial charge is 0.305 e. The second-order valence-corrected chi connectivity index (χ2v) is 8.70. The molecular weight excluding hydrogens is 358 g/mol. The molecule has 1 aliphatic rings. The third kappa shape index (κ3) is 3.84. The smallest absolute Gasteiger partial charge is 0.251 e. The van der Waals surface area contributed by atoms with Crippen LogP contribution in [-0.2, 0) is 21.4 Å². The van der Waals surface area contributed by atoms with Gasteiger partial charge in [-0.3, -0.25) is 4.79 Å². The Hall–Kier alpha value is -1.95. The van der Waals surface area contributed by atoms with E-state index in [4.69, 9.17) is 11.6 Å². The van der Waals surface area contributed by atoms with Crippen LogP contribution in [-0.4, -0.2) is 18.9 Å². The normalized spacial score (nSPS) is 16.9. The maximum atomic E-state index is 12.5. The zero-order valence-electron chi connectivity index (χ0n) is 13.6. The van der Waals surface area contributed by atoms with Crippen molar-refractivity contribution in [3.05, 3.63) is 23.0 Å². The second-order valence-electron chi connectivity index (χ2n) is 6.13. The van der Waals surface area contributed by atoms with E-state index < -0.39 is 10.0 Å². The number of fused-ring (bicyclic) bond motifs is 1. The molecule has 6 nitrogen and oxygen atoms in total. The fourth-order valence-corrected chi connectivity index (χ4v) is 4.78. The first kappa shape index (κ1) is 17.9. The minimum absolute atomic E-state index is 0.0271. The summed E-state index contributed by atoms with van der Waals surface area (Å²) in [5, 5.41) is 5.19. The standard InChI is InChI=1S/C17H19N3O3S2/c1-2-10-20-14-9-8-13(25(18,22)23)11-15(14)24-17(20)19-16(21)12-6-4-3-5-7-12/h1,8-9,11-12H,3-7,10H2,(H2,18,22,23). The fraction of sp³-hybridized carbons (Fsp3) is 0.412. The molecular formula is C17H19N3O3S2. The van der Waals surface area contributed by atoms with Crippen molar-refractivity contribution in [1.29, 1.82) is 0 Å². The van der Waals surface area contributed by atoms with Crippen molar-refractivity contribution in [1.82, 2.24) is 4.57 Å². The minimum Gasteiger partial charge on any atom is -0.305 e. The summed E-state index contributed by atoms with van der Waals surface area (Å²) in [7, 11) is -3.79. The van der Waals surface area contributed by atoms with Gasteiger partial charge >= 0.3 is 0 Å². The van der Waals surface area contributed by atoms with Crippen LogP contribution in [0.5, 0.6) is 0 Å². The summed E-state index contributed by atoms with van der Waals surface area (Å²) in [4.78, 5) is 17.3. The zero-order valence-corrected chi connectivity index (χ0v) is 15.3. The van der Waals surface area contributed by atoms with E-state index in [1.54, 1.807) is 10.6 Å². The van der Waals surface area contributed by atoms with E-state index in [0.717, 1.165) is 31.2 Å². The highest BCUT2D eigenvalue weighted by molar-refractivity contribution is 7.89. The molecule has 25 heavy (non-hydrogen) atoms. The topological polar surface area (TPSA) is 94.5 Å². The van der Waals surface area contributed by atoms with Gasteiger partial charge in [0.15, 0.2) is 4.80 Å². The first-order valence-corrected chi connectivity index (χ1v) is 10.4. The third-order valence-electron chi connectivity index (χ3n) is 4.39. The molecule has 0 saturated heterocycles. The van der Waals surface area contributed by atoms with Crippen molar-refractivity contribution in [2.24, 2.45) is 16.0 Å². The SMILES string of the molecule is C#CCn1c(=NC(=O)C2CCCCC2)sc2cc(S(N)(=O)=O)ccc21. The van der Waals surface area contributed by atoms with Crippen molar-refractivity contribution in [3.8, 4) is 12.3 Å². The van der Waals surface area contributed by atoms with Gasteiger partial charge in [-0.25, -0.2) is 13.6 Å². The molecule has 2 aromatic rings. The number of nitrogens with zero attached hydrogens (tertiary/aromatic N) is 2. The number of rotatable bonds is 3. The van der Waals surface area contributed by atoms with Crippen molar-refractivity contribution >= 4 is 37.5 Å². The highest BCUT2D eigenvalue weighted by Gasteiger charge is 2.21. The lowest BCUT2D eigenvalue weighted by molar-refractivity contribution is -0.122. The van der Waals surface area contributed by atoms with Gasteiger partial charge in [0.2, 0.25) is 10.0 Å². The van der Waals surface area contributed by atoms with E-state index in [1.807, 2.05) is 0 Å². The Kier molecular flexibility index (Phi) is 5.08. The van der Waals surface area contributed by atoms with E-state index in [-0.39, 0.29) is 23.3 Å². The fourth-order valence-electron chi connectivity index (χ4n) is 3.10. The molecule has 1 heterocycles. The Morgan fingerprint density at radius 1 is 1.36 bits per heavy atom. The van der Waals surface area contributed by atoms with Crippen molar-refractivity contribution in [2.45, 2.75) is 43.5 Å². The van der Waals surface area contributed by atoms with Crippen LogP contribution in [0.25, 0.3) is 10.2 Å². The van der Waals surface area contributed by atoms with Crippen LogP contribution >= 0.6 is 11.3 Å². The van der Waals surface area contributed by atoms with Gasteiger partial charge in [0.05, 0.1) is 21.7 Å². The van der Waals surface area contributed by atoms with Crippen LogP contribution in [0.4, 0.5) is 0 Å². The predicted molar refractivity (Wildman–Crippen MR) is 97.2 cm³/mol. The molecule has 1 aromatic heterocycles. The van der Waals surface area contributed by atoms with Crippen LogP contribution in [0.2, 0.25) is 0 Å². The molecule has 1 aliphatic carbocycles. The van der Waals surface area contributed by atoms with E-state index in [0.29, 0.717) is 9.50 Å². The molecule has 0 unspecified atom stereocenters. The lowest BCUT2D eigenvalue weighted by Gasteiger charge is -2.17. The molecule has 0 aliphatic heterocycles. The summed E-state index contributed by atoms with van der Waals surface area (Å²) in [6, 6.07) is 4.57. The molecule has 1 saturated carbocycles. The van der Waals surface area contributed by atoms with E-state index in [2.05, 4.69) is 10.9 Å². The summed E-state index contributed by atoms with van der Waals surface area (Å²) < 4.78 is 25.5. The van der Waals surface area contributed by atoms with Gasteiger partial charge < -0.3 is 4.57 Å². The number of benzene rings is 1. The minimum atomic E-state index is -3.79. The first-order valence-electron chi connectivity index (χ1n) is 8.08. The van der Waals surface area contributed by atoms with Crippen molar-refractivity contribution in [2.75, 3.05) is 0 Å². The number of aromatic nitrogens is 1. The molecule has 3 rings (SSSR count). The first-order chi connectivity index (χ1) is 11.9. The van der Waals surface area contributed by atoms with Crippen molar-refractivity contribution < 1.29 is 13.2 Å². The number of primary sulfonamides is 1. The monoisotopic (exact) mass is 377 g/mol. The maximum absolute atomic E-state index is 12.5. The Labute approximate surface area is 150 Å². The molecule has 0 bridgehead atoms. The number of sulfonamides is 1. The average Bonchev–Trinajstić information content (AvgIpc) is 2.92. The quantitative estimate of drug-likeness (QED) is 0.829. The number of carbonyl (C=O) groups excluding carboxylic acids is 1. The second kappa shape index (κ2) is 7.12. The molecule has 1 amide bonds. The molecule has 1 fully saturated rings. The van der Waals surface area contributed by atoms with Gasteiger partial charge in [0.1, 0.15) is 0 Å². The number of carbonyl (C=O) groups is 1. The number of hydrogen-bond donors (Lipinski definition) is 1. The van der Waals surface area contributed by atoms with Crippen LogP contribution in [0.3, 0.4) is 0 Å². The van der Waals surface area contributed by atoms with Gasteiger partial charge in [0, 0.05) is 5.92 Å². The summed E-state index contributed by atoms with van der Waals surface area (Å²) >= 11 is 1.25. The molecule has 0 radical (unpaired) electrons. The Morgan fingerprint density at radius 3 is 2.72 bits per heavy atom. The maximum Gasteiger partial charge on any atom is 0.251 e. The summed E-state index contributed by atoms with van der Waals surface area (Å²) in [6.07, 6.45) is 10.5. The van der Waals surface area contributed by atoms with E-state index in [1.165, 1.54) is 29.9 Å². The highest BCUT2D eigenvalue weighted by atomic mass is 32.2. The Bertz CT molecular complexity index is 1020. The molecule has 0 spiro atoms. The van der Waals surface area contributed by atoms with Crippen molar-refractivity contribution in [3.63, 3.8) is 0 Å². The number of amides is 1. The summed E-state index contributed by atoms with van der Waals surface area (Å²) in [5.41, 5.74) is 0.741. The van der Waals surface area contributed by atoms with Gasteiger partial charge in [-0.2, -0.15) is 4.99 Å². The summed E-state index contributed by atoms with van der Waals surface area (Å²) in [5.74, 6) is 2.40. The Morgan fingerprint density at radius 2 is 2.08 bits per heavy atom. The van der Waals surface area contributed by atoms with E-state index >= 15 is 0 Å². The number of terminal acetylenes is 1. The number of nitrogens with two attached hydrogens (primary N) is 1. The van der Waals surface area contributed by atoms with Crippen LogP contribution < -0.4 is 9.94 Å². The lowest BCUT2D eigenvalue weighted by atomic mass is 9.89. The average molecular weight is 377 g/mol. The third-order valence-corrected chi connectivity index (χ3v) is 6.34. The lowest BCUT2D eigenvalue weighted by Crippen LogP contribution is -2.21. The van der Waals surface area contributed by atoms with Gasteiger partial charge in [-0.05, 0) is 31.0 Å². The molecule has 2 N–H and O–H groups in total. The van der Waals surface area contributed by atoms with Crippen LogP contribution in [0.1, 0.15) is 32.1 Å². The van der Waals surface area contributed by atoms with Gasteiger partial charge in [0.25, 0.3) is 5.91 Å². The predicted octanol–water partition coefficient (Wildman–Crippen LogP) is 1.99. The number of thiazole rings is 1. The van der Waals surface area contributed by atoms with E-state index in [9.17, 15) is 13.2 Å². The van der Waals surface area contributed by atoms with Gasteiger partial charge in [-0.1, -0.05) is 36.5 Å². The number of hydrogen-bond acceptors (Lipinski definition) is 4. The molecule has 132 valence electrons. The van der Waals surface area contributed by atoms with Gasteiger partial charge in [-0.15, -0.1) is 6.42 Å². The van der Waals surface area contributed by atoms with Crippen LogP contribution in [0.15, 0.2) is 28.1 Å². The van der Waals surface area contributed by atoms with Crippen LogP contribution in [0, 0.1) is 18.3 Å². The highest BCUT2D eigenvalue weighted by Crippen LogP contribution is 2.25. The summed E-state index contributed by atoms with van der Waals surface area (Å²) in [6.45, 7) is 0.255. The molecule has 1 aromatic carbocycles. The molecule has 8 heteroatoms.